The minimum absolute atomic E-state index is 0.198. The minimum atomic E-state index is -0.659. The maximum absolute atomic E-state index is 9.61. The normalized spacial score (nSPS) is 13.3. The number of aromatic nitrogens is 1. The van der Waals surface area contributed by atoms with E-state index in [-0.39, 0.29) is 6.54 Å². The molecule has 0 aliphatic rings. The lowest BCUT2D eigenvalue weighted by Crippen LogP contribution is -2.11. The summed E-state index contributed by atoms with van der Waals surface area (Å²) in [6.07, 6.45) is -0.659. The monoisotopic (exact) mass is 224 g/mol. The fourth-order valence-electron chi connectivity index (χ4n) is 1.65. The second-order valence-corrected chi connectivity index (χ2v) is 4.04. The number of benzene rings is 1. The number of fused-ring (bicyclic) bond motifs is 1. The first-order chi connectivity index (χ1) is 7.13. The maximum atomic E-state index is 9.61. The van der Waals surface area contributed by atoms with E-state index in [0.717, 1.165) is 16.5 Å². The SMILES string of the molecule is Cc1ccc(Cl)c2cc(C(O)CN)[nH]c12. The molecule has 0 saturated heterocycles. The Morgan fingerprint density at radius 3 is 2.87 bits per heavy atom. The predicted octanol–water partition coefficient (Wildman–Crippen LogP) is 2.12. The van der Waals surface area contributed by atoms with Crippen LogP contribution >= 0.6 is 11.6 Å². The van der Waals surface area contributed by atoms with Crippen molar-refractivity contribution in [3.63, 3.8) is 0 Å². The van der Waals surface area contributed by atoms with Crippen molar-refractivity contribution >= 4 is 22.5 Å². The van der Waals surface area contributed by atoms with Crippen LogP contribution < -0.4 is 5.73 Å². The third-order valence-corrected chi connectivity index (χ3v) is 2.88. The average Bonchev–Trinajstić information content (AvgIpc) is 2.68. The van der Waals surface area contributed by atoms with E-state index in [1.165, 1.54) is 0 Å². The minimum Gasteiger partial charge on any atom is -0.386 e. The lowest BCUT2D eigenvalue weighted by atomic mass is 10.1. The Labute approximate surface area is 92.9 Å². The van der Waals surface area contributed by atoms with Gasteiger partial charge in [0.05, 0.1) is 5.52 Å². The molecule has 2 rings (SSSR count). The molecule has 15 heavy (non-hydrogen) atoms. The van der Waals surface area contributed by atoms with E-state index in [1.807, 2.05) is 25.1 Å². The number of aliphatic hydroxyl groups excluding tert-OH is 1. The maximum Gasteiger partial charge on any atom is 0.106 e. The number of aryl methyl sites for hydroxylation is 1. The average molecular weight is 225 g/mol. The third-order valence-electron chi connectivity index (χ3n) is 2.55. The Morgan fingerprint density at radius 2 is 2.27 bits per heavy atom. The number of nitrogens with two attached hydrogens (primary N) is 1. The van der Waals surface area contributed by atoms with Crippen LogP contribution in [0, 0.1) is 6.92 Å². The molecule has 0 aliphatic heterocycles. The molecule has 0 saturated carbocycles. The zero-order valence-electron chi connectivity index (χ0n) is 8.42. The standard InChI is InChI=1S/C11H13ClN2O/c1-6-2-3-8(12)7-4-9(10(15)5-13)14-11(6)7/h2-4,10,14-15H,5,13H2,1H3. The largest absolute Gasteiger partial charge is 0.386 e. The molecule has 1 unspecified atom stereocenters. The third kappa shape index (κ3) is 1.74. The van der Waals surface area contributed by atoms with Gasteiger partial charge in [0.25, 0.3) is 0 Å². The van der Waals surface area contributed by atoms with Crippen molar-refractivity contribution in [2.24, 2.45) is 5.73 Å². The van der Waals surface area contributed by atoms with Gasteiger partial charge in [0.1, 0.15) is 6.10 Å². The van der Waals surface area contributed by atoms with Crippen molar-refractivity contribution in [2.45, 2.75) is 13.0 Å². The molecule has 4 heteroatoms. The van der Waals surface area contributed by atoms with Crippen molar-refractivity contribution in [1.29, 1.82) is 0 Å². The number of H-pyrrole nitrogens is 1. The second-order valence-electron chi connectivity index (χ2n) is 3.63. The molecule has 0 radical (unpaired) electrons. The lowest BCUT2D eigenvalue weighted by molar-refractivity contribution is 0.183. The second kappa shape index (κ2) is 3.85. The van der Waals surface area contributed by atoms with Crippen molar-refractivity contribution in [3.8, 4) is 0 Å². The van der Waals surface area contributed by atoms with Gasteiger partial charge in [-0.05, 0) is 24.6 Å². The molecule has 0 fully saturated rings. The summed E-state index contributed by atoms with van der Waals surface area (Å²) in [6.45, 7) is 2.19. The lowest BCUT2D eigenvalue weighted by Gasteiger charge is -2.03. The molecule has 0 spiro atoms. The van der Waals surface area contributed by atoms with E-state index < -0.39 is 6.10 Å². The van der Waals surface area contributed by atoms with Crippen LogP contribution in [0.15, 0.2) is 18.2 Å². The van der Waals surface area contributed by atoms with Crippen molar-refractivity contribution in [3.05, 3.63) is 34.5 Å². The van der Waals surface area contributed by atoms with E-state index in [0.29, 0.717) is 10.7 Å². The van der Waals surface area contributed by atoms with Crippen LogP contribution in [0.1, 0.15) is 17.4 Å². The van der Waals surface area contributed by atoms with E-state index in [2.05, 4.69) is 4.98 Å². The zero-order chi connectivity index (χ0) is 11.0. The summed E-state index contributed by atoms with van der Waals surface area (Å²) in [5, 5.41) is 11.2. The van der Waals surface area contributed by atoms with E-state index >= 15 is 0 Å². The van der Waals surface area contributed by atoms with Crippen LogP contribution in [0.25, 0.3) is 10.9 Å². The Balaban J connectivity index is 2.64. The van der Waals surface area contributed by atoms with Crippen LogP contribution in [-0.2, 0) is 0 Å². The first-order valence-electron chi connectivity index (χ1n) is 4.79. The molecule has 1 heterocycles. The fraction of sp³-hybridized carbons (Fsp3) is 0.273. The van der Waals surface area contributed by atoms with Crippen LogP contribution in [-0.4, -0.2) is 16.6 Å². The quantitative estimate of drug-likeness (QED) is 0.732. The topological polar surface area (TPSA) is 62.0 Å². The Hall–Kier alpha value is -1.03. The fourth-order valence-corrected chi connectivity index (χ4v) is 1.86. The van der Waals surface area contributed by atoms with Crippen LogP contribution in [0.2, 0.25) is 5.02 Å². The summed E-state index contributed by atoms with van der Waals surface area (Å²) in [7, 11) is 0. The summed E-state index contributed by atoms with van der Waals surface area (Å²) in [6, 6.07) is 5.65. The van der Waals surface area contributed by atoms with Crippen LogP contribution in [0.3, 0.4) is 0 Å². The summed E-state index contributed by atoms with van der Waals surface area (Å²) in [5.41, 5.74) is 8.18. The highest BCUT2D eigenvalue weighted by Gasteiger charge is 2.11. The molecule has 1 aromatic carbocycles. The number of halogens is 1. The number of hydrogen-bond donors (Lipinski definition) is 3. The van der Waals surface area contributed by atoms with Gasteiger partial charge >= 0.3 is 0 Å². The van der Waals surface area contributed by atoms with Crippen molar-refractivity contribution < 1.29 is 5.11 Å². The van der Waals surface area contributed by atoms with E-state index in [9.17, 15) is 5.11 Å². The number of hydrogen-bond acceptors (Lipinski definition) is 2. The first-order valence-corrected chi connectivity index (χ1v) is 5.17. The highest BCUT2D eigenvalue weighted by molar-refractivity contribution is 6.35. The summed E-state index contributed by atoms with van der Waals surface area (Å²) < 4.78 is 0. The van der Waals surface area contributed by atoms with Gasteiger partial charge in [-0.15, -0.1) is 0 Å². The molecular weight excluding hydrogens is 212 g/mol. The van der Waals surface area contributed by atoms with Gasteiger partial charge in [-0.25, -0.2) is 0 Å². The number of aromatic amines is 1. The molecule has 0 aliphatic carbocycles. The van der Waals surface area contributed by atoms with Gasteiger partial charge in [0.2, 0.25) is 0 Å². The van der Waals surface area contributed by atoms with Gasteiger partial charge in [-0.2, -0.15) is 0 Å². The van der Waals surface area contributed by atoms with Gasteiger partial charge < -0.3 is 15.8 Å². The Bertz CT molecular complexity index is 454. The highest BCUT2D eigenvalue weighted by Crippen LogP contribution is 2.28. The first kappa shape index (κ1) is 10.5. The highest BCUT2D eigenvalue weighted by atomic mass is 35.5. The number of nitrogens with one attached hydrogen (secondary N) is 1. The Kier molecular flexibility index (Phi) is 2.69. The smallest absolute Gasteiger partial charge is 0.106 e. The summed E-state index contributed by atoms with van der Waals surface area (Å²) >= 11 is 6.06. The summed E-state index contributed by atoms with van der Waals surface area (Å²) in [4.78, 5) is 3.14. The Morgan fingerprint density at radius 1 is 1.53 bits per heavy atom. The molecule has 1 aromatic heterocycles. The molecule has 4 N–H and O–H groups in total. The van der Waals surface area contributed by atoms with E-state index in [1.54, 1.807) is 0 Å². The molecule has 0 bridgehead atoms. The molecule has 2 aromatic rings. The van der Waals surface area contributed by atoms with Gasteiger partial charge in [0, 0.05) is 22.6 Å². The summed E-state index contributed by atoms with van der Waals surface area (Å²) in [5.74, 6) is 0. The number of rotatable bonds is 2. The van der Waals surface area contributed by atoms with Crippen LogP contribution in [0.5, 0.6) is 0 Å². The molecule has 1 atom stereocenters. The van der Waals surface area contributed by atoms with E-state index in [4.69, 9.17) is 17.3 Å². The van der Waals surface area contributed by atoms with Gasteiger partial charge in [0.15, 0.2) is 0 Å². The molecule has 0 amide bonds. The predicted molar refractivity (Wildman–Crippen MR) is 62.1 cm³/mol. The molecular formula is C11H13ClN2O. The number of aliphatic hydroxyl groups is 1. The van der Waals surface area contributed by atoms with Crippen molar-refractivity contribution in [1.82, 2.24) is 4.98 Å². The van der Waals surface area contributed by atoms with Gasteiger partial charge in [-0.1, -0.05) is 17.7 Å². The zero-order valence-corrected chi connectivity index (χ0v) is 9.17. The van der Waals surface area contributed by atoms with Crippen molar-refractivity contribution in [2.75, 3.05) is 6.54 Å². The van der Waals surface area contributed by atoms with Gasteiger partial charge in [-0.3, -0.25) is 0 Å². The molecule has 3 nitrogen and oxygen atoms in total. The molecule has 80 valence electrons. The van der Waals surface area contributed by atoms with Crippen LogP contribution in [0.4, 0.5) is 0 Å².